The number of benzene rings is 1. The average Bonchev–Trinajstić information content (AvgIpc) is 3.12. The third-order valence-corrected chi connectivity index (χ3v) is 6.61. The number of hydrogen-bond donors (Lipinski definition) is 0. The first kappa shape index (κ1) is 21.2. The van der Waals surface area contributed by atoms with Crippen LogP contribution in [0.15, 0.2) is 29.1 Å². The summed E-state index contributed by atoms with van der Waals surface area (Å²) >= 11 is 0. The molecule has 2 aliphatic rings. The summed E-state index contributed by atoms with van der Waals surface area (Å²) in [5.41, 5.74) is 1.97. The van der Waals surface area contributed by atoms with Crippen molar-refractivity contribution in [2.24, 2.45) is 7.05 Å². The van der Waals surface area contributed by atoms with E-state index in [-0.39, 0.29) is 25.0 Å². The Morgan fingerprint density at radius 2 is 1.90 bits per heavy atom. The van der Waals surface area contributed by atoms with Crippen LogP contribution in [0.1, 0.15) is 42.6 Å². The Hall–Kier alpha value is -2.06. The Bertz CT molecular complexity index is 914. The van der Waals surface area contributed by atoms with Crippen LogP contribution in [0.5, 0.6) is 0 Å². The highest BCUT2D eigenvalue weighted by Gasteiger charge is 2.42. The molecule has 3 atom stereocenters. The highest BCUT2D eigenvalue weighted by molar-refractivity contribution is 5.24. The van der Waals surface area contributed by atoms with E-state index >= 15 is 0 Å². The number of aryl methyl sites for hydroxylation is 1. The Morgan fingerprint density at radius 3 is 2.53 bits per heavy atom. The van der Waals surface area contributed by atoms with Crippen LogP contribution in [0, 0.1) is 6.92 Å². The lowest BCUT2D eigenvalue weighted by Crippen LogP contribution is -2.48. The zero-order valence-corrected chi connectivity index (χ0v) is 17.6. The molecule has 1 aromatic heterocycles. The van der Waals surface area contributed by atoms with Gasteiger partial charge in [0.25, 0.3) is 0 Å². The van der Waals surface area contributed by atoms with Gasteiger partial charge in [0.2, 0.25) is 0 Å². The first-order chi connectivity index (χ1) is 14.5. The maximum atomic E-state index is 14.8. The van der Waals surface area contributed by atoms with E-state index in [4.69, 9.17) is 4.74 Å². The lowest BCUT2D eigenvalue weighted by Gasteiger charge is -2.39. The number of rotatable bonds is 8. The zero-order valence-electron chi connectivity index (χ0n) is 17.6. The van der Waals surface area contributed by atoms with Gasteiger partial charge in [0.15, 0.2) is 5.82 Å². The second-order valence-corrected chi connectivity index (χ2v) is 8.58. The fourth-order valence-corrected chi connectivity index (χ4v) is 4.88. The van der Waals surface area contributed by atoms with Crippen molar-refractivity contribution in [2.45, 2.75) is 76.8 Å². The molecule has 2 fully saturated rings. The van der Waals surface area contributed by atoms with Crippen LogP contribution in [0.4, 0.5) is 8.78 Å². The molecule has 4 rings (SSSR count). The molecule has 164 valence electrons. The van der Waals surface area contributed by atoms with Crippen molar-refractivity contribution in [3.8, 4) is 0 Å². The highest BCUT2D eigenvalue weighted by atomic mass is 19.1. The summed E-state index contributed by atoms with van der Waals surface area (Å²) in [5.74, 6) is 0.0267. The van der Waals surface area contributed by atoms with Crippen molar-refractivity contribution in [1.82, 2.24) is 19.2 Å². The maximum absolute atomic E-state index is 14.8. The summed E-state index contributed by atoms with van der Waals surface area (Å²) in [4.78, 5) is 14.3. The smallest absolute Gasteiger partial charge is 0.345 e. The summed E-state index contributed by atoms with van der Waals surface area (Å²) < 4.78 is 36.1. The van der Waals surface area contributed by atoms with E-state index in [1.807, 2.05) is 12.1 Å². The van der Waals surface area contributed by atoms with E-state index in [0.29, 0.717) is 18.7 Å². The monoisotopic (exact) mass is 420 g/mol. The molecule has 1 aromatic carbocycles. The number of ether oxygens (including phenoxy) is 1. The Morgan fingerprint density at radius 1 is 1.20 bits per heavy atom. The van der Waals surface area contributed by atoms with Gasteiger partial charge in [-0.05, 0) is 43.7 Å². The maximum Gasteiger partial charge on any atom is 0.345 e. The lowest BCUT2D eigenvalue weighted by atomic mass is 9.99. The van der Waals surface area contributed by atoms with Gasteiger partial charge in [0.05, 0.1) is 19.3 Å². The number of piperidine rings is 1. The van der Waals surface area contributed by atoms with Crippen LogP contribution in [-0.4, -0.2) is 50.2 Å². The van der Waals surface area contributed by atoms with Crippen molar-refractivity contribution in [2.75, 3.05) is 6.54 Å². The molecule has 0 N–H and O–H groups in total. The van der Waals surface area contributed by atoms with Crippen LogP contribution < -0.4 is 5.69 Å². The molecule has 3 heterocycles. The van der Waals surface area contributed by atoms with Gasteiger partial charge in [-0.1, -0.05) is 24.3 Å². The normalized spacial score (nSPS) is 25.0. The minimum absolute atomic E-state index is 0.0267. The highest BCUT2D eigenvalue weighted by Crippen LogP contribution is 2.37. The van der Waals surface area contributed by atoms with Gasteiger partial charge in [0.1, 0.15) is 12.8 Å². The Kier molecular flexibility index (Phi) is 6.34. The number of alkyl halides is 2. The SMILES string of the molecule is Cc1ccccc1COC1CC2CCC(C1)N2CC(F)Cn1nc(CF)n(C)c1=O. The van der Waals surface area contributed by atoms with Crippen molar-refractivity contribution in [3.05, 3.63) is 51.7 Å². The molecule has 3 unspecified atom stereocenters. The van der Waals surface area contributed by atoms with E-state index in [9.17, 15) is 13.6 Å². The number of nitrogens with zero attached hydrogens (tertiary/aromatic N) is 4. The number of halogens is 2. The van der Waals surface area contributed by atoms with Crippen LogP contribution in [0.25, 0.3) is 0 Å². The minimum atomic E-state index is -1.22. The van der Waals surface area contributed by atoms with Gasteiger partial charge < -0.3 is 4.74 Å². The molecule has 8 heteroatoms. The fourth-order valence-electron chi connectivity index (χ4n) is 4.88. The molecule has 0 aliphatic carbocycles. The molecule has 6 nitrogen and oxygen atoms in total. The Labute approximate surface area is 175 Å². The van der Waals surface area contributed by atoms with Gasteiger partial charge >= 0.3 is 5.69 Å². The van der Waals surface area contributed by atoms with Crippen LogP contribution >= 0.6 is 0 Å². The quantitative estimate of drug-likeness (QED) is 0.659. The third-order valence-electron chi connectivity index (χ3n) is 6.61. The zero-order chi connectivity index (χ0) is 21.3. The molecule has 2 bridgehead atoms. The molecule has 2 saturated heterocycles. The summed E-state index contributed by atoms with van der Waals surface area (Å²) in [7, 11) is 1.45. The van der Waals surface area contributed by atoms with Crippen molar-refractivity contribution in [3.63, 3.8) is 0 Å². The van der Waals surface area contributed by atoms with E-state index in [0.717, 1.165) is 34.9 Å². The molecule has 0 saturated carbocycles. The predicted molar refractivity (Wildman–Crippen MR) is 110 cm³/mol. The van der Waals surface area contributed by atoms with Gasteiger partial charge in [0, 0.05) is 25.7 Å². The van der Waals surface area contributed by atoms with Gasteiger partial charge in [-0.2, -0.15) is 5.10 Å². The molecular formula is C22H30F2N4O2. The van der Waals surface area contributed by atoms with Gasteiger partial charge in [-0.25, -0.2) is 18.3 Å². The lowest BCUT2D eigenvalue weighted by molar-refractivity contribution is -0.0343. The van der Waals surface area contributed by atoms with Gasteiger partial charge in [-0.15, -0.1) is 0 Å². The molecular weight excluding hydrogens is 390 g/mol. The van der Waals surface area contributed by atoms with E-state index < -0.39 is 18.5 Å². The standard InChI is InChI=1S/C22H30F2N4O2/c1-15-5-3-4-6-16(15)14-30-20-9-18-7-8-19(10-20)27(18)12-17(24)13-28-22(29)26(2)21(11-23)25-28/h3-6,17-20H,7-14H2,1-2H3. The van der Waals surface area contributed by atoms with Crippen LogP contribution in [-0.2, 0) is 31.6 Å². The summed E-state index contributed by atoms with van der Waals surface area (Å²) in [6.45, 7) is 2.00. The van der Waals surface area contributed by atoms with Crippen LogP contribution in [0.2, 0.25) is 0 Å². The second kappa shape index (κ2) is 8.98. The molecule has 0 spiro atoms. The summed E-state index contributed by atoms with van der Waals surface area (Å²) in [5, 5.41) is 3.90. The molecule has 30 heavy (non-hydrogen) atoms. The second-order valence-electron chi connectivity index (χ2n) is 8.58. The number of aromatic nitrogens is 3. The summed E-state index contributed by atoms with van der Waals surface area (Å²) in [6.07, 6.45) is 2.89. The minimum Gasteiger partial charge on any atom is -0.373 e. The predicted octanol–water partition coefficient (Wildman–Crippen LogP) is 2.91. The van der Waals surface area contributed by atoms with Crippen molar-refractivity contribution < 1.29 is 13.5 Å². The largest absolute Gasteiger partial charge is 0.373 e. The topological polar surface area (TPSA) is 52.3 Å². The van der Waals surface area contributed by atoms with E-state index in [2.05, 4.69) is 29.1 Å². The van der Waals surface area contributed by atoms with Crippen molar-refractivity contribution in [1.29, 1.82) is 0 Å². The average molecular weight is 421 g/mol. The fraction of sp³-hybridized carbons (Fsp3) is 0.636. The van der Waals surface area contributed by atoms with E-state index in [1.54, 1.807) is 0 Å². The van der Waals surface area contributed by atoms with Crippen LogP contribution in [0.3, 0.4) is 0 Å². The molecule has 0 radical (unpaired) electrons. The van der Waals surface area contributed by atoms with Crippen molar-refractivity contribution >= 4 is 0 Å². The number of hydrogen-bond acceptors (Lipinski definition) is 4. The van der Waals surface area contributed by atoms with E-state index in [1.165, 1.54) is 18.2 Å². The summed E-state index contributed by atoms with van der Waals surface area (Å²) in [6, 6.07) is 8.87. The molecule has 2 aliphatic heterocycles. The first-order valence-corrected chi connectivity index (χ1v) is 10.7. The molecule has 0 amide bonds. The molecule has 2 aromatic rings. The number of fused-ring (bicyclic) bond motifs is 2. The van der Waals surface area contributed by atoms with Gasteiger partial charge in [-0.3, -0.25) is 9.47 Å². The first-order valence-electron chi connectivity index (χ1n) is 10.7. The third kappa shape index (κ3) is 4.34. The Balaban J connectivity index is 1.31.